The van der Waals surface area contributed by atoms with Crippen LogP contribution in [0.4, 0.5) is 5.69 Å². The number of aromatic hydroxyl groups is 1. The van der Waals surface area contributed by atoms with Crippen LogP contribution >= 0.6 is 0 Å². The van der Waals surface area contributed by atoms with E-state index >= 15 is 0 Å². The summed E-state index contributed by atoms with van der Waals surface area (Å²) in [5.74, 6) is 0.0879. The van der Waals surface area contributed by atoms with Gasteiger partial charge in [-0.1, -0.05) is 26.8 Å². The van der Waals surface area contributed by atoms with Crippen LogP contribution in [0.1, 0.15) is 38.1 Å². The molecule has 0 spiro atoms. The predicted molar refractivity (Wildman–Crippen MR) is 105 cm³/mol. The number of carbonyl (C=O) groups is 1. The van der Waals surface area contributed by atoms with Crippen LogP contribution in [-0.4, -0.2) is 51.9 Å². The second kappa shape index (κ2) is 7.45. The number of phenols is 1. The van der Waals surface area contributed by atoms with Gasteiger partial charge in [-0.2, -0.15) is 0 Å². The van der Waals surface area contributed by atoms with E-state index in [-0.39, 0.29) is 40.2 Å². The highest BCUT2D eigenvalue weighted by Gasteiger charge is 2.27. The van der Waals surface area contributed by atoms with Crippen molar-refractivity contribution in [2.45, 2.75) is 33.7 Å². The van der Waals surface area contributed by atoms with Gasteiger partial charge in [-0.3, -0.25) is 4.79 Å². The third-order valence-corrected chi connectivity index (χ3v) is 4.82. The Hall–Kier alpha value is -2.42. The fourth-order valence-electron chi connectivity index (χ4n) is 2.05. The molecule has 1 aliphatic heterocycles. The van der Waals surface area contributed by atoms with Gasteiger partial charge in [0, 0.05) is 20.1 Å². The van der Waals surface area contributed by atoms with Gasteiger partial charge in [0.1, 0.15) is 0 Å². The summed E-state index contributed by atoms with van der Waals surface area (Å²) in [7, 11) is 3.21. The van der Waals surface area contributed by atoms with Crippen LogP contribution in [0.25, 0.3) is 0 Å². The molecule has 0 aromatic heterocycles. The number of phenolic OH excluding ortho intramolecular Hbond substituents is 1. The van der Waals surface area contributed by atoms with Gasteiger partial charge in [0.15, 0.2) is 17.4 Å². The number of anilines is 1. The first-order valence-electron chi connectivity index (χ1n) is 8.17. The average molecular weight is 379 g/mol. The van der Waals surface area contributed by atoms with Crippen molar-refractivity contribution < 1.29 is 14.1 Å². The summed E-state index contributed by atoms with van der Waals surface area (Å²) in [5, 5.41) is 16.6. The Balaban J connectivity index is 2.26. The van der Waals surface area contributed by atoms with Crippen molar-refractivity contribution in [3.63, 3.8) is 0 Å². The molecule has 9 heteroatoms. The molecule has 1 aromatic carbocycles. The third-order valence-electron chi connectivity index (χ3n) is 4.14. The Kier molecular flexibility index (Phi) is 5.70. The molecule has 1 amide bonds. The molecular formula is C17H25N5O3S. The zero-order chi connectivity index (χ0) is 19.6. The summed E-state index contributed by atoms with van der Waals surface area (Å²) >= 11 is -1.73. The van der Waals surface area contributed by atoms with Gasteiger partial charge in [-0.25, -0.2) is 4.21 Å². The molecule has 1 aliphatic rings. The number of hydrogen-bond donors (Lipinski definition) is 3. The highest BCUT2D eigenvalue weighted by Crippen LogP contribution is 2.29. The van der Waals surface area contributed by atoms with Gasteiger partial charge in [-0.05, 0) is 24.5 Å². The van der Waals surface area contributed by atoms with Crippen LogP contribution in [-0.2, 0) is 11.2 Å². The summed E-state index contributed by atoms with van der Waals surface area (Å²) in [6.07, 6.45) is 0. The smallest absolute Gasteiger partial charge is 0.269 e. The first-order chi connectivity index (χ1) is 12.0. The van der Waals surface area contributed by atoms with E-state index in [1.54, 1.807) is 26.2 Å². The quantitative estimate of drug-likeness (QED) is 0.696. The van der Waals surface area contributed by atoms with Crippen LogP contribution < -0.4 is 10.6 Å². The molecule has 1 heterocycles. The lowest BCUT2D eigenvalue weighted by molar-refractivity contribution is 0.0824. The first-order valence-corrected chi connectivity index (χ1v) is 9.24. The Labute approximate surface area is 156 Å². The van der Waals surface area contributed by atoms with E-state index in [0.29, 0.717) is 5.84 Å². The Morgan fingerprint density at radius 2 is 1.85 bits per heavy atom. The molecule has 26 heavy (non-hydrogen) atoms. The van der Waals surface area contributed by atoms with Crippen LogP contribution in [0.2, 0.25) is 0 Å². The number of benzene rings is 1. The second-order valence-corrected chi connectivity index (χ2v) is 8.20. The van der Waals surface area contributed by atoms with E-state index in [4.69, 9.17) is 0 Å². The zero-order valence-corrected chi connectivity index (χ0v) is 16.6. The minimum Gasteiger partial charge on any atom is -0.505 e. The van der Waals surface area contributed by atoms with Crippen molar-refractivity contribution in [1.82, 2.24) is 10.2 Å². The molecule has 1 unspecified atom stereocenters. The fourth-order valence-corrected chi connectivity index (χ4v) is 2.67. The summed E-state index contributed by atoms with van der Waals surface area (Å²) in [5.41, 5.74) is 0.403. The third kappa shape index (κ3) is 4.40. The highest BCUT2D eigenvalue weighted by molar-refractivity contribution is 7.83. The summed E-state index contributed by atoms with van der Waals surface area (Å²) < 4.78 is 19.7. The molecule has 0 saturated heterocycles. The Morgan fingerprint density at radius 3 is 2.42 bits per heavy atom. The molecule has 0 bridgehead atoms. The fraction of sp³-hybridized carbons (Fsp3) is 0.471. The summed E-state index contributed by atoms with van der Waals surface area (Å²) in [4.78, 5) is 13.5. The summed E-state index contributed by atoms with van der Waals surface area (Å²) in [6.45, 7) is 8.21. The van der Waals surface area contributed by atoms with E-state index in [1.165, 1.54) is 11.0 Å². The molecule has 8 nitrogen and oxygen atoms in total. The predicted octanol–water partition coefficient (Wildman–Crippen LogP) is 1.92. The number of para-hydroxylation sites is 1. The van der Waals surface area contributed by atoms with E-state index in [0.717, 1.165) is 0 Å². The van der Waals surface area contributed by atoms with Gasteiger partial charge in [0.05, 0.1) is 11.3 Å². The zero-order valence-electron chi connectivity index (χ0n) is 15.8. The first kappa shape index (κ1) is 19.9. The normalized spacial score (nSPS) is 18.0. The molecule has 0 aliphatic carbocycles. The molecular weight excluding hydrogens is 354 g/mol. The maximum Gasteiger partial charge on any atom is 0.269 e. The van der Waals surface area contributed by atoms with Gasteiger partial charge in [-0.15, -0.1) is 8.80 Å². The van der Waals surface area contributed by atoms with Crippen molar-refractivity contribution in [1.29, 1.82) is 0 Å². The van der Waals surface area contributed by atoms with Crippen LogP contribution in [0.5, 0.6) is 5.75 Å². The van der Waals surface area contributed by atoms with Crippen molar-refractivity contribution in [3.8, 4) is 5.75 Å². The minimum atomic E-state index is -1.73. The van der Waals surface area contributed by atoms with Gasteiger partial charge in [0.2, 0.25) is 0 Å². The van der Waals surface area contributed by atoms with Crippen molar-refractivity contribution >= 4 is 34.4 Å². The van der Waals surface area contributed by atoms with Gasteiger partial charge in [0.25, 0.3) is 17.1 Å². The molecule has 1 aromatic rings. The van der Waals surface area contributed by atoms with Crippen LogP contribution in [0.15, 0.2) is 27.0 Å². The number of hydrogen-bond acceptors (Lipinski definition) is 5. The minimum absolute atomic E-state index is 0.0404. The standard InChI is InChI=1S/C17H25N5O3S/c1-10(17(2,3)4)18-14-15(21-26(25)20-14)19-12-9-7-8-11(13(12)23)16(24)22(5)6/h7-10,23H,1-6H3,(H,18,20)(H,19,21)/t10-,26?/m0/s1. The number of rotatable bonds is 3. The Morgan fingerprint density at radius 1 is 1.23 bits per heavy atom. The lowest BCUT2D eigenvalue weighted by Gasteiger charge is -2.29. The second-order valence-electron chi connectivity index (χ2n) is 7.37. The molecule has 142 valence electrons. The topological polar surface area (TPSA) is 106 Å². The SMILES string of the molecule is C[C@H](NC1=NS(=O)N=C1Nc1cccc(C(=O)N(C)C)c1O)C(C)(C)C. The number of carbonyl (C=O) groups excluding carboxylic acids is 1. The Bertz CT molecular complexity index is 796. The van der Waals surface area contributed by atoms with Crippen molar-refractivity contribution in [2.24, 2.45) is 14.2 Å². The van der Waals surface area contributed by atoms with Crippen molar-refractivity contribution in [3.05, 3.63) is 23.8 Å². The van der Waals surface area contributed by atoms with Gasteiger partial charge < -0.3 is 20.6 Å². The van der Waals surface area contributed by atoms with Gasteiger partial charge >= 0.3 is 0 Å². The number of amidine groups is 2. The molecule has 2 atom stereocenters. The largest absolute Gasteiger partial charge is 0.505 e. The number of amides is 1. The van der Waals surface area contributed by atoms with Crippen LogP contribution in [0, 0.1) is 5.41 Å². The summed E-state index contributed by atoms with van der Waals surface area (Å²) in [6, 6.07) is 4.83. The molecule has 3 N–H and O–H groups in total. The lowest BCUT2D eigenvalue weighted by Crippen LogP contribution is -2.45. The number of nitrogens with zero attached hydrogens (tertiary/aromatic N) is 3. The molecule has 0 radical (unpaired) electrons. The molecule has 2 rings (SSSR count). The van der Waals surface area contributed by atoms with Crippen molar-refractivity contribution in [2.75, 3.05) is 19.4 Å². The molecule has 0 fully saturated rings. The van der Waals surface area contributed by atoms with E-state index in [2.05, 4.69) is 40.2 Å². The van der Waals surface area contributed by atoms with E-state index in [9.17, 15) is 14.1 Å². The highest BCUT2D eigenvalue weighted by atomic mass is 32.2. The molecule has 0 saturated carbocycles. The monoisotopic (exact) mass is 379 g/mol. The lowest BCUT2D eigenvalue weighted by atomic mass is 9.88. The van der Waals surface area contributed by atoms with Crippen LogP contribution in [0.3, 0.4) is 0 Å². The maximum atomic E-state index is 12.2. The number of nitrogens with one attached hydrogen (secondary N) is 2. The van der Waals surface area contributed by atoms with E-state index in [1.807, 2.05) is 6.92 Å². The average Bonchev–Trinajstić information content (AvgIpc) is 2.87. The maximum absolute atomic E-state index is 12.2. The van der Waals surface area contributed by atoms with E-state index < -0.39 is 11.2 Å².